The molecule has 0 saturated carbocycles. The molecule has 0 atom stereocenters. The Kier molecular flexibility index (Phi) is 5.04. The van der Waals surface area contributed by atoms with Gasteiger partial charge < -0.3 is 15.1 Å². The monoisotopic (exact) mass is 342 g/mol. The predicted molar refractivity (Wildman–Crippen MR) is 92.0 cm³/mol. The van der Waals surface area contributed by atoms with E-state index in [0.717, 1.165) is 13.1 Å². The maximum Gasteiger partial charge on any atom is 0.257 e. The van der Waals surface area contributed by atoms with E-state index in [-0.39, 0.29) is 11.5 Å². The van der Waals surface area contributed by atoms with Gasteiger partial charge in [-0.05, 0) is 31.3 Å². The summed E-state index contributed by atoms with van der Waals surface area (Å²) in [5.74, 6) is -1.01. The molecular formula is C18H19FN4O2. The Hall–Kier alpha value is -2.80. The van der Waals surface area contributed by atoms with Crippen LogP contribution < -0.4 is 5.32 Å². The van der Waals surface area contributed by atoms with Crippen LogP contribution in [0.1, 0.15) is 20.7 Å². The number of pyridine rings is 1. The van der Waals surface area contributed by atoms with Gasteiger partial charge in [0.2, 0.25) is 0 Å². The van der Waals surface area contributed by atoms with Crippen molar-refractivity contribution in [1.82, 2.24) is 14.8 Å². The van der Waals surface area contributed by atoms with Crippen LogP contribution in [0.3, 0.4) is 0 Å². The van der Waals surface area contributed by atoms with E-state index < -0.39 is 11.7 Å². The first-order chi connectivity index (χ1) is 12.0. The normalized spacial score (nSPS) is 15.0. The van der Waals surface area contributed by atoms with Gasteiger partial charge in [-0.15, -0.1) is 0 Å². The lowest BCUT2D eigenvalue weighted by Gasteiger charge is -2.32. The van der Waals surface area contributed by atoms with E-state index in [1.807, 2.05) is 7.05 Å². The molecule has 1 aliphatic rings. The van der Waals surface area contributed by atoms with E-state index in [1.165, 1.54) is 36.7 Å². The molecule has 1 N–H and O–H groups in total. The number of aromatic nitrogens is 1. The molecule has 2 amide bonds. The summed E-state index contributed by atoms with van der Waals surface area (Å²) in [6, 6.07) is 7.14. The van der Waals surface area contributed by atoms with Crippen molar-refractivity contribution in [2.45, 2.75) is 0 Å². The van der Waals surface area contributed by atoms with Crippen molar-refractivity contribution in [3.8, 4) is 0 Å². The summed E-state index contributed by atoms with van der Waals surface area (Å²) in [5.41, 5.74) is 0.974. The fraction of sp³-hybridized carbons (Fsp3) is 0.278. The highest BCUT2D eigenvalue weighted by Crippen LogP contribution is 2.13. The largest absolute Gasteiger partial charge is 0.336 e. The summed E-state index contributed by atoms with van der Waals surface area (Å²) in [5, 5.41) is 2.60. The predicted octanol–water partition coefficient (Wildman–Crippen LogP) is 1.86. The first-order valence-electron chi connectivity index (χ1n) is 8.03. The number of likely N-dealkylation sites (N-methyl/N-ethyl adjacent to an activating group) is 1. The molecule has 0 radical (unpaired) electrons. The van der Waals surface area contributed by atoms with Gasteiger partial charge in [0.15, 0.2) is 0 Å². The molecule has 25 heavy (non-hydrogen) atoms. The molecule has 1 aromatic heterocycles. The number of carbonyl (C=O) groups excluding carboxylic acids is 2. The van der Waals surface area contributed by atoms with E-state index in [2.05, 4.69) is 15.2 Å². The molecule has 1 saturated heterocycles. The quantitative estimate of drug-likeness (QED) is 0.925. The van der Waals surface area contributed by atoms with Crippen molar-refractivity contribution in [3.05, 3.63) is 59.7 Å². The van der Waals surface area contributed by atoms with Gasteiger partial charge >= 0.3 is 0 Å². The number of piperazine rings is 1. The molecule has 0 spiro atoms. The maximum atomic E-state index is 13.2. The second kappa shape index (κ2) is 7.40. The van der Waals surface area contributed by atoms with E-state index in [0.29, 0.717) is 24.3 Å². The van der Waals surface area contributed by atoms with Gasteiger partial charge in [-0.3, -0.25) is 14.6 Å². The van der Waals surface area contributed by atoms with Crippen molar-refractivity contribution in [2.24, 2.45) is 0 Å². The topological polar surface area (TPSA) is 65.5 Å². The van der Waals surface area contributed by atoms with Crippen LogP contribution >= 0.6 is 0 Å². The molecule has 0 bridgehead atoms. The number of nitrogens with one attached hydrogen (secondary N) is 1. The van der Waals surface area contributed by atoms with Crippen LogP contribution in [0.4, 0.5) is 10.1 Å². The zero-order chi connectivity index (χ0) is 17.8. The van der Waals surface area contributed by atoms with Gasteiger partial charge in [0.25, 0.3) is 11.8 Å². The maximum absolute atomic E-state index is 13.2. The Balaban J connectivity index is 1.72. The number of hydrogen-bond donors (Lipinski definition) is 1. The molecule has 0 unspecified atom stereocenters. The average Bonchev–Trinajstić information content (AvgIpc) is 2.62. The van der Waals surface area contributed by atoms with Gasteiger partial charge in [0, 0.05) is 44.3 Å². The number of halogens is 1. The van der Waals surface area contributed by atoms with Crippen LogP contribution in [0.5, 0.6) is 0 Å². The summed E-state index contributed by atoms with van der Waals surface area (Å²) in [6.07, 6.45) is 2.84. The van der Waals surface area contributed by atoms with E-state index in [9.17, 15) is 14.0 Å². The van der Waals surface area contributed by atoms with Crippen LogP contribution in [0.25, 0.3) is 0 Å². The summed E-state index contributed by atoms with van der Waals surface area (Å²) in [4.78, 5) is 32.8. The molecule has 6 nitrogen and oxygen atoms in total. The molecule has 130 valence electrons. The second-order valence-electron chi connectivity index (χ2n) is 6.02. The highest BCUT2D eigenvalue weighted by molar-refractivity contribution is 6.05. The zero-order valence-electron chi connectivity index (χ0n) is 13.9. The summed E-state index contributed by atoms with van der Waals surface area (Å²) in [6.45, 7) is 2.93. The number of amides is 2. The van der Waals surface area contributed by atoms with Crippen LogP contribution in [0, 0.1) is 5.82 Å². The lowest BCUT2D eigenvalue weighted by molar-refractivity contribution is 0.0663. The molecular weight excluding hydrogens is 323 g/mol. The Labute approximate surface area is 145 Å². The molecule has 0 aliphatic carbocycles. The second-order valence-corrected chi connectivity index (χ2v) is 6.02. The number of hydrogen-bond acceptors (Lipinski definition) is 4. The smallest absolute Gasteiger partial charge is 0.257 e. The summed E-state index contributed by atoms with van der Waals surface area (Å²) in [7, 11) is 2.01. The average molecular weight is 342 g/mol. The lowest BCUT2D eigenvalue weighted by atomic mass is 10.1. The van der Waals surface area contributed by atoms with E-state index in [1.54, 1.807) is 11.0 Å². The molecule has 3 rings (SSSR count). The van der Waals surface area contributed by atoms with Crippen molar-refractivity contribution < 1.29 is 14.0 Å². The number of anilines is 1. The van der Waals surface area contributed by atoms with Gasteiger partial charge in [0.05, 0.1) is 11.1 Å². The van der Waals surface area contributed by atoms with Crippen molar-refractivity contribution >= 4 is 17.5 Å². The molecule has 1 aliphatic heterocycles. The molecule has 1 aromatic carbocycles. The van der Waals surface area contributed by atoms with Crippen LogP contribution in [0.2, 0.25) is 0 Å². The third kappa shape index (κ3) is 4.19. The minimum Gasteiger partial charge on any atom is -0.336 e. The number of benzene rings is 1. The Morgan fingerprint density at radius 3 is 2.52 bits per heavy atom. The standard InChI is InChI=1S/C18H19FN4O2/c1-22-5-7-23(8-6-22)18(25)14-9-13(11-20-12-14)17(24)21-16-4-2-3-15(19)10-16/h2-4,9-12H,5-8H2,1H3,(H,21,24). The van der Waals surface area contributed by atoms with Crippen molar-refractivity contribution in [3.63, 3.8) is 0 Å². The third-order valence-electron chi connectivity index (χ3n) is 4.12. The SMILES string of the molecule is CN1CCN(C(=O)c2cncc(C(=O)Nc3cccc(F)c3)c2)CC1. The zero-order valence-corrected chi connectivity index (χ0v) is 13.9. The van der Waals surface area contributed by atoms with Gasteiger partial charge in [0.1, 0.15) is 5.82 Å². The Bertz CT molecular complexity index is 788. The van der Waals surface area contributed by atoms with Crippen LogP contribution in [0.15, 0.2) is 42.7 Å². The summed E-state index contributed by atoms with van der Waals surface area (Å²) >= 11 is 0. The van der Waals surface area contributed by atoms with E-state index in [4.69, 9.17) is 0 Å². The first kappa shape index (κ1) is 17.0. The van der Waals surface area contributed by atoms with Crippen LogP contribution in [-0.2, 0) is 0 Å². The minimum absolute atomic E-state index is 0.138. The molecule has 7 heteroatoms. The Morgan fingerprint density at radius 1 is 1.08 bits per heavy atom. The Morgan fingerprint density at radius 2 is 1.80 bits per heavy atom. The molecule has 2 aromatic rings. The molecule has 2 heterocycles. The number of carbonyl (C=O) groups is 2. The van der Waals surface area contributed by atoms with Crippen molar-refractivity contribution in [2.75, 3.05) is 38.5 Å². The fourth-order valence-electron chi connectivity index (χ4n) is 2.64. The third-order valence-corrected chi connectivity index (χ3v) is 4.12. The van der Waals surface area contributed by atoms with Crippen LogP contribution in [-0.4, -0.2) is 59.8 Å². The summed E-state index contributed by atoms with van der Waals surface area (Å²) < 4.78 is 13.2. The highest BCUT2D eigenvalue weighted by atomic mass is 19.1. The lowest BCUT2D eigenvalue weighted by Crippen LogP contribution is -2.47. The highest BCUT2D eigenvalue weighted by Gasteiger charge is 2.21. The molecule has 1 fully saturated rings. The fourth-order valence-corrected chi connectivity index (χ4v) is 2.64. The van der Waals surface area contributed by atoms with Gasteiger partial charge in [-0.25, -0.2) is 4.39 Å². The minimum atomic E-state index is -0.439. The van der Waals surface area contributed by atoms with E-state index >= 15 is 0 Å². The first-order valence-corrected chi connectivity index (χ1v) is 8.03. The van der Waals surface area contributed by atoms with Gasteiger partial charge in [-0.1, -0.05) is 6.07 Å². The van der Waals surface area contributed by atoms with Gasteiger partial charge in [-0.2, -0.15) is 0 Å². The number of rotatable bonds is 3. The van der Waals surface area contributed by atoms with Crippen molar-refractivity contribution in [1.29, 1.82) is 0 Å². The number of nitrogens with zero attached hydrogens (tertiary/aromatic N) is 3.